The smallest absolute Gasteiger partial charge is 0.277 e. The number of carbonyl (C=O) groups excluding carboxylic acids is 1. The van der Waals surface area contributed by atoms with Crippen LogP contribution in [-0.4, -0.2) is 21.2 Å². The van der Waals surface area contributed by atoms with E-state index in [9.17, 15) is 4.79 Å². The predicted octanol–water partition coefficient (Wildman–Crippen LogP) is 3.65. The van der Waals surface area contributed by atoms with Crippen molar-refractivity contribution in [2.75, 3.05) is 0 Å². The van der Waals surface area contributed by atoms with Gasteiger partial charge in [0, 0.05) is 12.0 Å². The Morgan fingerprint density at radius 1 is 1.25 bits per heavy atom. The van der Waals surface area contributed by atoms with E-state index in [1.807, 2.05) is 31.2 Å². The molecular weight excluding hydrogens is 272 g/mol. The number of aryl methyl sites for hydroxylation is 1. The third-order valence-corrected chi connectivity index (χ3v) is 4.67. The van der Waals surface area contributed by atoms with Crippen molar-refractivity contribution >= 4 is 17.5 Å². The molecule has 1 aliphatic carbocycles. The van der Waals surface area contributed by atoms with Crippen LogP contribution in [0.25, 0.3) is 11.5 Å². The van der Waals surface area contributed by atoms with E-state index in [1.165, 1.54) is 11.8 Å². The highest BCUT2D eigenvalue weighted by Crippen LogP contribution is 2.32. The maximum atomic E-state index is 11.8. The molecule has 4 nitrogen and oxygen atoms in total. The zero-order valence-electron chi connectivity index (χ0n) is 11.3. The summed E-state index contributed by atoms with van der Waals surface area (Å²) in [7, 11) is 0. The molecule has 1 atom stereocenters. The van der Waals surface area contributed by atoms with E-state index in [0.29, 0.717) is 23.3 Å². The molecule has 1 aliphatic rings. The number of aromatic nitrogens is 2. The van der Waals surface area contributed by atoms with Crippen molar-refractivity contribution in [1.29, 1.82) is 0 Å². The van der Waals surface area contributed by atoms with E-state index < -0.39 is 0 Å². The summed E-state index contributed by atoms with van der Waals surface area (Å²) in [4.78, 5) is 11.8. The number of rotatable bonds is 3. The molecule has 1 heterocycles. The quantitative estimate of drug-likeness (QED) is 0.863. The fourth-order valence-electron chi connectivity index (χ4n) is 2.38. The normalized spacial score (nSPS) is 19.2. The minimum absolute atomic E-state index is 0.0195. The zero-order chi connectivity index (χ0) is 13.9. The van der Waals surface area contributed by atoms with Gasteiger partial charge in [-0.05, 0) is 31.4 Å². The predicted molar refractivity (Wildman–Crippen MR) is 77.6 cm³/mol. The number of nitrogens with zero attached hydrogens (tertiary/aromatic N) is 2. The minimum Gasteiger partial charge on any atom is -0.411 e. The summed E-state index contributed by atoms with van der Waals surface area (Å²) in [5, 5.41) is 8.62. The number of carbonyl (C=O) groups is 1. The summed E-state index contributed by atoms with van der Waals surface area (Å²) in [6.45, 7) is 2.01. The monoisotopic (exact) mass is 288 g/mol. The van der Waals surface area contributed by atoms with Crippen molar-refractivity contribution in [2.24, 2.45) is 0 Å². The van der Waals surface area contributed by atoms with Gasteiger partial charge in [-0.1, -0.05) is 36.4 Å². The van der Waals surface area contributed by atoms with E-state index in [1.54, 1.807) is 0 Å². The van der Waals surface area contributed by atoms with Crippen LogP contribution < -0.4 is 0 Å². The van der Waals surface area contributed by atoms with Crippen molar-refractivity contribution in [1.82, 2.24) is 10.2 Å². The van der Waals surface area contributed by atoms with Gasteiger partial charge in [-0.2, -0.15) is 0 Å². The van der Waals surface area contributed by atoms with Gasteiger partial charge in [-0.15, -0.1) is 10.2 Å². The Hall–Kier alpha value is -1.62. The highest BCUT2D eigenvalue weighted by Gasteiger charge is 2.25. The SMILES string of the molecule is Cc1ccccc1-c1nnc(S[C@@H]2CCCCC2=O)o1. The average Bonchev–Trinajstić information content (AvgIpc) is 2.90. The second-order valence-electron chi connectivity index (χ2n) is 5.01. The summed E-state index contributed by atoms with van der Waals surface area (Å²) in [6.07, 6.45) is 3.69. The van der Waals surface area contributed by atoms with E-state index in [0.717, 1.165) is 30.4 Å². The van der Waals surface area contributed by atoms with Crippen LogP contribution in [-0.2, 0) is 4.79 Å². The molecule has 2 aromatic rings. The van der Waals surface area contributed by atoms with Crippen LogP contribution >= 0.6 is 11.8 Å². The molecule has 1 aromatic heterocycles. The lowest BCUT2D eigenvalue weighted by Gasteiger charge is -2.17. The lowest BCUT2D eigenvalue weighted by Crippen LogP contribution is -2.21. The standard InChI is InChI=1S/C15H16N2O2S/c1-10-6-2-3-7-11(10)14-16-17-15(19-14)20-13-9-5-4-8-12(13)18/h2-3,6-7,13H,4-5,8-9H2,1H3/t13-/m1/s1. The van der Waals surface area contributed by atoms with Crippen molar-refractivity contribution < 1.29 is 9.21 Å². The Bertz CT molecular complexity index is 624. The van der Waals surface area contributed by atoms with Crippen molar-refractivity contribution in [3.63, 3.8) is 0 Å². The third kappa shape index (κ3) is 2.77. The minimum atomic E-state index is -0.0195. The molecule has 0 radical (unpaired) electrons. The molecule has 3 rings (SSSR count). The van der Waals surface area contributed by atoms with E-state index in [4.69, 9.17) is 4.42 Å². The molecule has 0 amide bonds. The van der Waals surface area contributed by atoms with Gasteiger partial charge in [0.05, 0.1) is 5.25 Å². The molecule has 1 fully saturated rings. The molecule has 0 saturated heterocycles. The summed E-state index contributed by atoms with van der Waals surface area (Å²) < 4.78 is 5.69. The Morgan fingerprint density at radius 2 is 2.10 bits per heavy atom. The van der Waals surface area contributed by atoms with Crippen molar-refractivity contribution in [3.05, 3.63) is 29.8 Å². The molecule has 0 bridgehead atoms. The summed E-state index contributed by atoms with van der Waals surface area (Å²) in [6, 6.07) is 7.90. The fourth-order valence-corrected chi connectivity index (χ4v) is 3.37. The van der Waals surface area contributed by atoms with Crippen LogP contribution in [0.3, 0.4) is 0 Å². The summed E-state index contributed by atoms with van der Waals surface area (Å²) in [5.41, 5.74) is 2.04. The van der Waals surface area contributed by atoms with Crippen LogP contribution in [0.5, 0.6) is 0 Å². The van der Waals surface area contributed by atoms with Crippen molar-refractivity contribution in [3.8, 4) is 11.5 Å². The molecule has 1 saturated carbocycles. The summed E-state index contributed by atoms with van der Waals surface area (Å²) in [5.74, 6) is 0.825. The molecule has 5 heteroatoms. The van der Waals surface area contributed by atoms with Gasteiger partial charge in [0.25, 0.3) is 5.22 Å². The van der Waals surface area contributed by atoms with Gasteiger partial charge in [0.1, 0.15) is 5.78 Å². The highest BCUT2D eigenvalue weighted by atomic mass is 32.2. The Morgan fingerprint density at radius 3 is 2.90 bits per heavy atom. The van der Waals surface area contributed by atoms with Gasteiger partial charge in [-0.3, -0.25) is 4.79 Å². The molecule has 20 heavy (non-hydrogen) atoms. The van der Waals surface area contributed by atoms with Crippen molar-refractivity contribution in [2.45, 2.75) is 43.1 Å². The first-order chi connectivity index (χ1) is 9.74. The number of thioether (sulfide) groups is 1. The van der Waals surface area contributed by atoms with Crippen LogP contribution in [0, 0.1) is 6.92 Å². The molecule has 1 aromatic carbocycles. The van der Waals surface area contributed by atoms with E-state index in [2.05, 4.69) is 10.2 Å². The topological polar surface area (TPSA) is 56.0 Å². The highest BCUT2D eigenvalue weighted by molar-refractivity contribution is 8.00. The van der Waals surface area contributed by atoms with Gasteiger partial charge < -0.3 is 4.42 Å². The lowest BCUT2D eigenvalue weighted by molar-refractivity contribution is -0.119. The Kier molecular flexibility index (Phi) is 3.87. The Labute approximate surface area is 122 Å². The lowest BCUT2D eigenvalue weighted by atomic mass is 9.99. The average molecular weight is 288 g/mol. The van der Waals surface area contributed by atoms with Gasteiger partial charge in [-0.25, -0.2) is 0 Å². The molecular formula is C15H16N2O2S. The van der Waals surface area contributed by atoms with Crippen LogP contribution in [0.15, 0.2) is 33.9 Å². The third-order valence-electron chi connectivity index (χ3n) is 3.52. The molecule has 104 valence electrons. The maximum Gasteiger partial charge on any atom is 0.277 e. The first-order valence-electron chi connectivity index (χ1n) is 6.83. The number of hydrogen-bond acceptors (Lipinski definition) is 5. The number of Topliss-reactive ketones (excluding diaryl/α,β-unsaturated/α-hetero) is 1. The van der Waals surface area contributed by atoms with Gasteiger partial charge >= 0.3 is 0 Å². The second-order valence-corrected chi connectivity index (χ2v) is 6.16. The Balaban J connectivity index is 1.77. The zero-order valence-corrected chi connectivity index (χ0v) is 12.2. The van der Waals surface area contributed by atoms with Crippen LogP contribution in [0.1, 0.15) is 31.2 Å². The maximum absolute atomic E-state index is 11.8. The molecule has 0 unspecified atom stereocenters. The number of benzene rings is 1. The molecule has 0 aliphatic heterocycles. The first kappa shape index (κ1) is 13.4. The van der Waals surface area contributed by atoms with Crippen LogP contribution in [0.4, 0.5) is 0 Å². The summed E-state index contributed by atoms with van der Waals surface area (Å²) >= 11 is 1.40. The number of ketones is 1. The molecule has 0 N–H and O–H groups in total. The van der Waals surface area contributed by atoms with Gasteiger partial charge in [0.2, 0.25) is 5.89 Å². The number of hydrogen-bond donors (Lipinski definition) is 0. The van der Waals surface area contributed by atoms with E-state index in [-0.39, 0.29) is 5.25 Å². The fraction of sp³-hybridized carbons (Fsp3) is 0.400. The molecule has 0 spiro atoms. The first-order valence-corrected chi connectivity index (χ1v) is 7.71. The largest absolute Gasteiger partial charge is 0.411 e. The van der Waals surface area contributed by atoms with Gasteiger partial charge in [0.15, 0.2) is 0 Å². The van der Waals surface area contributed by atoms with Crippen LogP contribution in [0.2, 0.25) is 0 Å². The second kappa shape index (κ2) is 5.79. The van der Waals surface area contributed by atoms with E-state index >= 15 is 0 Å².